The maximum absolute atomic E-state index is 12.8. The zero-order valence-corrected chi connectivity index (χ0v) is 14.7. The molecule has 0 radical (unpaired) electrons. The molecule has 0 amide bonds. The second-order valence-corrected chi connectivity index (χ2v) is 8.08. The minimum Gasteiger partial charge on any atom is -0.394 e. The molecule has 0 aromatic carbocycles. The first-order valence-corrected chi connectivity index (χ1v) is 9.19. The number of allylic oxidation sites excluding steroid dienone is 3. The highest BCUT2D eigenvalue weighted by atomic mass is 32.2. The third-order valence-electron chi connectivity index (χ3n) is 5.64. The number of carbonyl (C=O) groups excluding carboxylic acids is 1. The molecule has 0 saturated heterocycles. The lowest BCUT2D eigenvalue weighted by Crippen LogP contribution is -2.49. The van der Waals surface area contributed by atoms with Crippen molar-refractivity contribution in [3.05, 3.63) is 33.9 Å². The fraction of sp³-hybridized carbons (Fsp3) is 0.611. The van der Waals surface area contributed by atoms with Crippen LogP contribution in [0.2, 0.25) is 0 Å². The fourth-order valence-corrected chi connectivity index (χ4v) is 5.02. The van der Waals surface area contributed by atoms with Crippen LogP contribution in [0.4, 0.5) is 0 Å². The second kappa shape index (κ2) is 5.59. The molecule has 23 heavy (non-hydrogen) atoms. The van der Waals surface area contributed by atoms with Crippen LogP contribution in [0.15, 0.2) is 33.9 Å². The predicted octanol–water partition coefficient (Wildman–Crippen LogP) is 1.76. The van der Waals surface area contributed by atoms with Gasteiger partial charge in [-0.25, -0.2) is 0 Å². The van der Waals surface area contributed by atoms with E-state index in [9.17, 15) is 15.0 Å². The Morgan fingerprint density at radius 2 is 2.00 bits per heavy atom. The van der Waals surface area contributed by atoms with E-state index in [0.717, 1.165) is 35.1 Å². The molecule has 0 aromatic rings. The van der Waals surface area contributed by atoms with Gasteiger partial charge >= 0.3 is 0 Å². The Kier molecular flexibility index (Phi) is 4.12. The van der Waals surface area contributed by atoms with Crippen LogP contribution >= 0.6 is 11.8 Å². The Balaban J connectivity index is 1.91. The Morgan fingerprint density at radius 1 is 1.35 bits per heavy atom. The van der Waals surface area contributed by atoms with Crippen LogP contribution in [0.5, 0.6) is 0 Å². The molecule has 1 saturated carbocycles. The third-order valence-corrected chi connectivity index (χ3v) is 6.75. The molecule has 3 rings (SSSR count). The zero-order valence-electron chi connectivity index (χ0n) is 13.8. The fourth-order valence-electron chi connectivity index (χ4n) is 3.95. The maximum Gasteiger partial charge on any atom is 0.195 e. The van der Waals surface area contributed by atoms with Crippen molar-refractivity contribution < 1.29 is 20.1 Å². The summed E-state index contributed by atoms with van der Waals surface area (Å²) in [4.78, 5) is 12.8. The van der Waals surface area contributed by atoms with Gasteiger partial charge in [-0.15, -0.1) is 0 Å². The number of hydrogen-bond acceptors (Lipinski definition) is 5. The molecule has 3 aliphatic rings. The van der Waals surface area contributed by atoms with Crippen molar-refractivity contribution in [2.75, 3.05) is 18.1 Å². The predicted molar refractivity (Wildman–Crippen MR) is 91.2 cm³/mol. The standard InChI is InChI=1S/C18H24O4S/c1-10-6-13-15(14(10)9-23-8-12(20)7-19)11(2)18(4-5-18)17(3,22)16(13)21/h6,12,19-20,22H,4-5,7-9H2,1-3H3/t12?,17-/m0/s1. The van der Waals surface area contributed by atoms with Gasteiger partial charge in [0.05, 0.1) is 12.7 Å². The van der Waals surface area contributed by atoms with Crippen LogP contribution in [0, 0.1) is 5.41 Å². The number of ketones is 1. The Hall–Kier alpha value is -0.880. The number of thioether (sulfide) groups is 1. The highest BCUT2D eigenvalue weighted by Crippen LogP contribution is 2.65. The lowest BCUT2D eigenvalue weighted by Gasteiger charge is -2.39. The van der Waals surface area contributed by atoms with E-state index < -0.39 is 11.7 Å². The number of hydrogen-bond donors (Lipinski definition) is 3. The lowest BCUT2D eigenvalue weighted by atomic mass is 9.67. The van der Waals surface area contributed by atoms with Crippen molar-refractivity contribution in [2.45, 2.75) is 45.3 Å². The number of aliphatic hydroxyl groups excluding tert-OH is 2. The molecule has 1 spiro atoms. The van der Waals surface area contributed by atoms with Crippen LogP contribution in [0.1, 0.15) is 33.6 Å². The molecule has 3 N–H and O–H groups in total. The van der Waals surface area contributed by atoms with E-state index >= 15 is 0 Å². The zero-order chi connectivity index (χ0) is 17.0. The molecule has 2 atom stereocenters. The number of fused-ring (bicyclic) bond motifs is 1. The van der Waals surface area contributed by atoms with Crippen molar-refractivity contribution in [1.82, 2.24) is 0 Å². The van der Waals surface area contributed by atoms with Gasteiger partial charge in [-0.05, 0) is 56.4 Å². The molecule has 1 fully saturated rings. The van der Waals surface area contributed by atoms with Crippen LogP contribution in [0.3, 0.4) is 0 Å². The molecular weight excluding hydrogens is 312 g/mol. The number of rotatable bonds is 5. The molecular formula is C18H24O4S. The summed E-state index contributed by atoms with van der Waals surface area (Å²) in [5, 5.41) is 29.2. The van der Waals surface area contributed by atoms with Gasteiger partial charge in [-0.3, -0.25) is 4.79 Å². The summed E-state index contributed by atoms with van der Waals surface area (Å²) < 4.78 is 0. The van der Waals surface area contributed by atoms with Crippen molar-refractivity contribution in [3.8, 4) is 0 Å². The van der Waals surface area contributed by atoms with Crippen molar-refractivity contribution in [3.63, 3.8) is 0 Å². The SMILES string of the molecule is CC1=C(CSCC(O)CO)C2=C(C)C3(CC3)[C@@](C)(O)C(=O)C2=C1. The minimum atomic E-state index is -1.30. The van der Waals surface area contributed by atoms with Crippen molar-refractivity contribution >= 4 is 17.5 Å². The van der Waals surface area contributed by atoms with Gasteiger partial charge in [0.15, 0.2) is 5.78 Å². The molecule has 1 unspecified atom stereocenters. The minimum absolute atomic E-state index is 0.162. The molecule has 4 nitrogen and oxygen atoms in total. The average Bonchev–Trinajstić information content (AvgIpc) is 3.26. The van der Waals surface area contributed by atoms with Gasteiger partial charge in [-0.1, -0.05) is 5.57 Å². The van der Waals surface area contributed by atoms with E-state index in [1.54, 1.807) is 18.7 Å². The van der Waals surface area contributed by atoms with Crippen LogP contribution in [-0.4, -0.2) is 50.9 Å². The summed E-state index contributed by atoms with van der Waals surface area (Å²) in [5.41, 5.74) is 3.28. The maximum atomic E-state index is 12.8. The normalized spacial score (nSPS) is 30.0. The van der Waals surface area contributed by atoms with E-state index in [-0.39, 0.29) is 17.8 Å². The Labute approximate surface area is 141 Å². The highest BCUT2D eigenvalue weighted by Gasteiger charge is 2.64. The quantitative estimate of drug-likeness (QED) is 0.713. The number of Topliss-reactive ketones (excluding diaryl/α,β-unsaturated/α-hetero) is 1. The summed E-state index contributed by atoms with van der Waals surface area (Å²) in [6.07, 6.45) is 2.89. The second-order valence-electron chi connectivity index (χ2n) is 7.05. The molecule has 0 aromatic heterocycles. The Bertz CT molecular complexity index is 650. The smallest absolute Gasteiger partial charge is 0.195 e. The first-order valence-electron chi connectivity index (χ1n) is 8.03. The monoisotopic (exact) mass is 336 g/mol. The van der Waals surface area contributed by atoms with E-state index in [1.807, 2.05) is 19.9 Å². The van der Waals surface area contributed by atoms with E-state index in [2.05, 4.69) is 0 Å². The molecule has 0 bridgehead atoms. The summed E-state index contributed by atoms with van der Waals surface area (Å²) in [7, 11) is 0. The third kappa shape index (κ3) is 2.37. The number of aliphatic hydroxyl groups is 3. The summed E-state index contributed by atoms with van der Waals surface area (Å²) in [5.74, 6) is 0.998. The number of carbonyl (C=O) groups is 1. The average molecular weight is 336 g/mol. The topological polar surface area (TPSA) is 77.8 Å². The molecule has 5 heteroatoms. The van der Waals surface area contributed by atoms with Gasteiger partial charge in [0.1, 0.15) is 5.60 Å². The molecule has 0 heterocycles. The van der Waals surface area contributed by atoms with Gasteiger partial charge in [0.2, 0.25) is 0 Å². The summed E-state index contributed by atoms with van der Waals surface area (Å²) in [6, 6.07) is 0. The van der Waals surface area contributed by atoms with Crippen molar-refractivity contribution in [1.29, 1.82) is 0 Å². The lowest BCUT2D eigenvalue weighted by molar-refractivity contribution is -0.137. The molecule has 126 valence electrons. The van der Waals surface area contributed by atoms with Crippen LogP contribution in [-0.2, 0) is 4.79 Å². The van der Waals surface area contributed by atoms with Crippen LogP contribution in [0.25, 0.3) is 0 Å². The van der Waals surface area contributed by atoms with E-state index in [1.165, 1.54) is 0 Å². The summed E-state index contributed by atoms with van der Waals surface area (Å²) >= 11 is 1.56. The molecule has 0 aliphatic heterocycles. The van der Waals surface area contributed by atoms with Gasteiger partial charge < -0.3 is 15.3 Å². The largest absolute Gasteiger partial charge is 0.394 e. The van der Waals surface area contributed by atoms with Crippen LogP contribution < -0.4 is 0 Å². The first-order chi connectivity index (χ1) is 10.8. The summed E-state index contributed by atoms with van der Waals surface area (Å²) in [6.45, 7) is 5.46. The van der Waals surface area contributed by atoms with Crippen molar-refractivity contribution in [2.24, 2.45) is 5.41 Å². The van der Waals surface area contributed by atoms with Gasteiger partial charge in [-0.2, -0.15) is 11.8 Å². The van der Waals surface area contributed by atoms with E-state index in [4.69, 9.17) is 5.11 Å². The van der Waals surface area contributed by atoms with Gasteiger partial charge in [0.25, 0.3) is 0 Å². The Morgan fingerprint density at radius 3 is 2.57 bits per heavy atom. The first kappa shape index (κ1) is 17.0. The molecule has 3 aliphatic carbocycles. The highest BCUT2D eigenvalue weighted by molar-refractivity contribution is 7.99. The van der Waals surface area contributed by atoms with E-state index in [0.29, 0.717) is 17.1 Å². The van der Waals surface area contributed by atoms with Gasteiger partial charge in [0, 0.05) is 22.5 Å².